The van der Waals surface area contributed by atoms with Crippen LogP contribution in [0.5, 0.6) is 0 Å². The van der Waals surface area contributed by atoms with Gasteiger partial charge < -0.3 is 15.4 Å². The van der Waals surface area contributed by atoms with Gasteiger partial charge in [-0.3, -0.25) is 15.0 Å². The standard InChI is InChI=1S/C17H25N5O3/c1-3-14-12-21(6-5-20(14)7-8-25-4-2)15-9-13(11-18)17(22(23)24)16(19)10-15/h9-10,14H,3-8,12,19H2,1-2H3/t14-/m0/s1. The number of nitro benzene ring substituents is 1. The van der Waals surface area contributed by atoms with Crippen LogP contribution in [0.3, 0.4) is 0 Å². The minimum Gasteiger partial charge on any atom is -0.393 e. The molecule has 1 fully saturated rings. The Morgan fingerprint density at radius 1 is 1.44 bits per heavy atom. The van der Waals surface area contributed by atoms with E-state index in [9.17, 15) is 15.4 Å². The average molecular weight is 347 g/mol. The summed E-state index contributed by atoms with van der Waals surface area (Å²) in [5.74, 6) is 0. The fourth-order valence-electron chi connectivity index (χ4n) is 3.25. The smallest absolute Gasteiger partial charge is 0.309 e. The number of nitrogens with zero attached hydrogens (tertiary/aromatic N) is 4. The van der Waals surface area contributed by atoms with E-state index in [-0.39, 0.29) is 16.9 Å². The second kappa shape index (κ2) is 8.65. The van der Waals surface area contributed by atoms with Crippen molar-refractivity contribution in [1.82, 2.24) is 4.90 Å². The predicted octanol–water partition coefficient (Wildman–Crippen LogP) is 1.99. The zero-order valence-corrected chi connectivity index (χ0v) is 14.8. The van der Waals surface area contributed by atoms with Gasteiger partial charge in [0.2, 0.25) is 0 Å². The Balaban J connectivity index is 2.16. The SMILES string of the molecule is CCOCCN1CCN(c2cc(N)c([N+](=O)[O-])c(C#N)c2)C[C@@H]1CC. The van der Waals surface area contributed by atoms with Crippen LogP contribution in [0, 0.1) is 21.4 Å². The lowest BCUT2D eigenvalue weighted by molar-refractivity contribution is -0.384. The van der Waals surface area contributed by atoms with Crippen LogP contribution in [0.25, 0.3) is 0 Å². The Morgan fingerprint density at radius 2 is 2.20 bits per heavy atom. The highest BCUT2D eigenvalue weighted by Gasteiger charge is 2.28. The number of nitriles is 1. The number of anilines is 2. The number of nitrogens with two attached hydrogens (primary N) is 1. The molecule has 2 rings (SSSR count). The zero-order valence-electron chi connectivity index (χ0n) is 14.8. The molecule has 8 nitrogen and oxygen atoms in total. The summed E-state index contributed by atoms with van der Waals surface area (Å²) in [6, 6.07) is 5.43. The first-order chi connectivity index (χ1) is 12.0. The van der Waals surface area contributed by atoms with E-state index in [0.717, 1.165) is 51.5 Å². The second-order valence-corrected chi connectivity index (χ2v) is 6.04. The van der Waals surface area contributed by atoms with Crippen molar-refractivity contribution in [2.24, 2.45) is 0 Å². The van der Waals surface area contributed by atoms with Crippen LogP contribution < -0.4 is 10.6 Å². The van der Waals surface area contributed by atoms with E-state index in [1.165, 1.54) is 0 Å². The number of nitro groups is 1. The fraction of sp³-hybridized carbons (Fsp3) is 0.588. The first kappa shape index (κ1) is 19.0. The molecular formula is C17H25N5O3. The molecule has 0 saturated carbocycles. The Labute approximate surface area is 147 Å². The first-order valence-corrected chi connectivity index (χ1v) is 8.56. The molecule has 1 saturated heterocycles. The Morgan fingerprint density at radius 3 is 2.80 bits per heavy atom. The molecule has 0 amide bonds. The normalized spacial score (nSPS) is 18.1. The summed E-state index contributed by atoms with van der Waals surface area (Å²) in [5.41, 5.74) is 6.33. The van der Waals surface area contributed by atoms with Gasteiger partial charge in [-0.1, -0.05) is 6.92 Å². The van der Waals surface area contributed by atoms with Crippen molar-refractivity contribution in [1.29, 1.82) is 5.26 Å². The van der Waals surface area contributed by atoms with Gasteiger partial charge >= 0.3 is 5.69 Å². The molecule has 1 aromatic rings. The lowest BCUT2D eigenvalue weighted by Gasteiger charge is -2.42. The van der Waals surface area contributed by atoms with Gasteiger partial charge in [0.15, 0.2) is 0 Å². The maximum atomic E-state index is 11.1. The molecule has 1 aromatic carbocycles. The van der Waals surface area contributed by atoms with Crippen LogP contribution in [0.15, 0.2) is 12.1 Å². The van der Waals surface area contributed by atoms with Crippen molar-refractivity contribution >= 4 is 17.1 Å². The van der Waals surface area contributed by atoms with E-state index in [1.807, 2.05) is 13.0 Å². The Bertz CT molecular complexity index is 658. The lowest BCUT2D eigenvalue weighted by Crippen LogP contribution is -2.53. The van der Waals surface area contributed by atoms with Gasteiger partial charge in [-0.05, 0) is 25.5 Å². The highest BCUT2D eigenvalue weighted by Crippen LogP contribution is 2.32. The van der Waals surface area contributed by atoms with Crippen LogP contribution in [0.4, 0.5) is 17.1 Å². The summed E-state index contributed by atoms with van der Waals surface area (Å²) in [7, 11) is 0. The molecule has 0 bridgehead atoms. The fourth-order valence-corrected chi connectivity index (χ4v) is 3.25. The highest BCUT2D eigenvalue weighted by molar-refractivity contribution is 5.73. The van der Waals surface area contributed by atoms with E-state index in [1.54, 1.807) is 12.1 Å². The third-order valence-electron chi connectivity index (χ3n) is 4.60. The van der Waals surface area contributed by atoms with Crippen molar-refractivity contribution in [3.05, 3.63) is 27.8 Å². The molecule has 0 aliphatic carbocycles. The van der Waals surface area contributed by atoms with Gasteiger partial charge in [0.05, 0.1) is 11.5 Å². The molecule has 1 aliphatic heterocycles. The molecule has 1 aliphatic rings. The first-order valence-electron chi connectivity index (χ1n) is 8.56. The number of hydrogen-bond acceptors (Lipinski definition) is 7. The molecule has 0 aromatic heterocycles. The van der Waals surface area contributed by atoms with Gasteiger partial charge in [-0.15, -0.1) is 0 Å². The summed E-state index contributed by atoms with van der Waals surface area (Å²) >= 11 is 0. The van der Waals surface area contributed by atoms with E-state index < -0.39 is 4.92 Å². The van der Waals surface area contributed by atoms with Gasteiger partial charge in [0, 0.05) is 44.5 Å². The predicted molar refractivity (Wildman–Crippen MR) is 96.6 cm³/mol. The number of hydrogen-bond donors (Lipinski definition) is 1. The minimum absolute atomic E-state index is 0.00632. The van der Waals surface area contributed by atoms with E-state index in [2.05, 4.69) is 16.7 Å². The maximum absolute atomic E-state index is 11.1. The van der Waals surface area contributed by atoms with Crippen molar-refractivity contribution in [2.45, 2.75) is 26.3 Å². The highest BCUT2D eigenvalue weighted by atomic mass is 16.6. The zero-order chi connectivity index (χ0) is 18.4. The van der Waals surface area contributed by atoms with Gasteiger partial charge in [0.25, 0.3) is 0 Å². The number of ether oxygens (including phenoxy) is 1. The van der Waals surface area contributed by atoms with Crippen molar-refractivity contribution in [3.63, 3.8) is 0 Å². The van der Waals surface area contributed by atoms with Crippen molar-refractivity contribution in [3.8, 4) is 6.07 Å². The van der Waals surface area contributed by atoms with Crippen LogP contribution in [-0.2, 0) is 4.74 Å². The molecule has 2 N–H and O–H groups in total. The number of piperazine rings is 1. The monoisotopic (exact) mass is 347 g/mol. The molecule has 8 heteroatoms. The van der Waals surface area contributed by atoms with Crippen molar-refractivity contribution < 1.29 is 9.66 Å². The summed E-state index contributed by atoms with van der Waals surface area (Å²) in [4.78, 5) is 15.1. The van der Waals surface area contributed by atoms with Gasteiger partial charge in [-0.25, -0.2) is 0 Å². The average Bonchev–Trinajstić information content (AvgIpc) is 2.60. The molecular weight excluding hydrogens is 322 g/mol. The molecule has 0 unspecified atom stereocenters. The molecule has 1 atom stereocenters. The Hall–Kier alpha value is -2.37. The quantitative estimate of drug-likeness (QED) is 0.348. The van der Waals surface area contributed by atoms with Crippen LogP contribution >= 0.6 is 0 Å². The summed E-state index contributed by atoms with van der Waals surface area (Å²) in [6.07, 6.45) is 0.996. The number of nitrogen functional groups attached to an aromatic ring is 1. The molecule has 1 heterocycles. The minimum atomic E-state index is -0.599. The Kier molecular flexibility index (Phi) is 6.56. The summed E-state index contributed by atoms with van der Waals surface area (Å²) in [5, 5.41) is 20.3. The van der Waals surface area contributed by atoms with E-state index in [0.29, 0.717) is 6.04 Å². The maximum Gasteiger partial charge on any atom is 0.309 e. The summed E-state index contributed by atoms with van der Waals surface area (Å²) in [6.45, 7) is 8.92. The summed E-state index contributed by atoms with van der Waals surface area (Å²) < 4.78 is 5.45. The second-order valence-electron chi connectivity index (χ2n) is 6.04. The topological polar surface area (TPSA) is 109 Å². The van der Waals surface area contributed by atoms with Gasteiger partial charge in [-0.2, -0.15) is 5.26 Å². The van der Waals surface area contributed by atoms with Crippen LogP contribution in [-0.4, -0.2) is 55.3 Å². The van der Waals surface area contributed by atoms with E-state index >= 15 is 0 Å². The molecule has 136 valence electrons. The van der Waals surface area contributed by atoms with Crippen LogP contribution in [0.1, 0.15) is 25.8 Å². The third kappa shape index (κ3) is 4.38. The largest absolute Gasteiger partial charge is 0.393 e. The third-order valence-corrected chi connectivity index (χ3v) is 4.60. The molecule has 25 heavy (non-hydrogen) atoms. The van der Waals surface area contributed by atoms with Gasteiger partial charge in [0.1, 0.15) is 17.3 Å². The molecule has 0 spiro atoms. The van der Waals surface area contributed by atoms with Crippen molar-refractivity contribution in [2.75, 3.05) is 50.0 Å². The van der Waals surface area contributed by atoms with E-state index in [4.69, 9.17) is 10.5 Å². The number of benzene rings is 1. The lowest BCUT2D eigenvalue weighted by atomic mass is 10.1. The number of rotatable bonds is 7. The molecule has 0 radical (unpaired) electrons. The van der Waals surface area contributed by atoms with Crippen LogP contribution in [0.2, 0.25) is 0 Å².